The van der Waals surface area contributed by atoms with Crippen LogP contribution in [-0.4, -0.2) is 23.6 Å². The van der Waals surface area contributed by atoms with E-state index in [0.717, 1.165) is 11.3 Å². The maximum Gasteiger partial charge on any atom is 0.158 e. The van der Waals surface area contributed by atoms with Crippen LogP contribution in [0.15, 0.2) is 24.3 Å². The molecule has 1 unspecified atom stereocenters. The Hall–Kier alpha value is -1.06. The Bertz CT molecular complexity index is 253. The number of methoxy groups -OCH3 is 1. The standard InChI is InChI=1S/C10H14O3/c1-7(10(11)12)8-3-5-9(13-2)6-4-8/h3-7,10-12H,1-2H3. The Kier molecular flexibility index (Phi) is 3.28. The molecule has 0 aliphatic carbocycles. The van der Waals surface area contributed by atoms with Gasteiger partial charge in [-0.25, -0.2) is 0 Å². The van der Waals surface area contributed by atoms with Crippen molar-refractivity contribution in [2.75, 3.05) is 7.11 Å². The van der Waals surface area contributed by atoms with Crippen LogP contribution in [0, 0.1) is 0 Å². The van der Waals surface area contributed by atoms with E-state index in [-0.39, 0.29) is 5.92 Å². The average Bonchev–Trinajstić information content (AvgIpc) is 2.17. The quantitative estimate of drug-likeness (QED) is 0.688. The van der Waals surface area contributed by atoms with E-state index in [0.29, 0.717) is 0 Å². The number of aliphatic hydroxyl groups excluding tert-OH is 1. The summed E-state index contributed by atoms with van der Waals surface area (Å²) in [6.45, 7) is 1.76. The van der Waals surface area contributed by atoms with Crippen LogP contribution in [0.1, 0.15) is 18.4 Å². The van der Waals surface area contributed by atoms with E-state index in [1.165, 1.54) is 0 Å². The molecule has 0 heterocycles. The molecule has 0 amide bonds. The third-order valence-corrected chi connectivity index (χ3v) is 2.09. The van der Waals surface area contributed by atoms with Crippen LogP contribution in [0.4, 0.5) is 0 Å². The largest absolute Gasteiger partial charge is 0.497 e. The van der Waals surface area contributed by atoms with Crippen LogP contribution in [-0.2, 0) is 0 Å². The fourth-order valence-corrected chi connectivity index (χ4v) is 1.08. The lowest BCUT2D eigenvalue weighted by Gasteiger charge is -2.13. The number of aliphatic hydroxyl groups is 2. The Balaban J connectivity index is 2.79. The monoisotopic (exact) mass is 182 g/mol. The zero-order valence-corrected chi connectivity index (χ0v) is 7.77. The van der Waals surface area contributed by atoms with Gasteiger partial charge in [0.15, 0.2) is 6.29 Å². The summed E-state index contributed by atoms with van der Waals surface area (Å²) >= 11 is 0. The van der Waals surface area contributed by atoms with Gasteiger partial charge in [0.05, 0.1) is 7.11 Å². The number of hydrogen-bond donors (Lipinski definition) is 2. The molecule has 2 N–H and O–H groups in total. The van der Waals surface area contributed by atoms with Gasteiger partial charge in [-0.3, -0.25) is 0 Å². The van der Waals surface area contributed by atoms with Crippen LogP contribution in [0.25, 0.3) is 0 Å². The van der Waals surface area contributed by atoms with Gasteiger partial charge in [-0.15, -0.1) is 0 Å². The zero-order valence-electron chi connectivity index (χ0n) is 7.77. The summed E-state index contributed by atoms with van der Waals surface area (Å²) < 4.78 is 4.98. The summed E-state index contributed by atoms with van der Waals surface area (Å²) in [7, 11) is 1.60. The highest BCUT2D eigenvalue weighted by Crippen LogP contribution is 2.20. The Morgan fingerprint density at radius 1 is 1.15 bits per heavy atom. The van der Waals surface area contributed by atoms with E-state index >= 15 is 0 Å². The minimum Gasteiger partial charge on any atom is -0.497 e. The van der Waals surface area contributed by atoms with Crippen molar-refractivity contribution in [1.29, 1.82) is 0 Å². The van der Waals surface area contributed by atoms with Crippen molar-refractivity contribution >= 4 is 0 Å². The maximum atomic E-state index is 8.93. The highest BCUT2D eigenvalue weighted by atomic mass is 16.5. The second kappa shape index (κ2) is 4.25. The number of ether oxygens (including phenoxy) is 1. The van der Waals surface area contributed by atoms with E-state index in [1.54, 1.807) is 26.2 Å². The summed E-state index contributed by atoms with van der Waals surface area (Å²) in [4.78, 5) is 0. The van der Waals surface area contributed by atoms with Crippen LogP contribution in [0.5, 0.6) is 5.75 Å². The minimum absolute atomic E-state index is 0.272. The molecule has 1 atom stereocenters. The lowest BCUT2D eigenvalue weighted by molar-refractivity contribution is -0.0561. The van der Waals surface area contributed by atoms with Crippen LogP contribution in [0.3, 0.4) is 0 Å². The SMILES string of the molecule is COc1ccc(C(C)C(O)O)cc1. The highest BCUT2D eigenvalue weighted by Gasteiger charge is 2.12. The molecule has 0 fully saturated rings. The molecule has 0 bridgehead atoms. The predicted molar refractivity (Wildman–Crippen MR) is 49.6 cm³/mol. The van der Waals surface area contributed by atoms with Gasteiger partial charge >= 0.3 is 0 Å². The third-order valence-electron chi connectivity index (χ3n) is 2.09. The van der Waals surface area contributed by atoms with Gasteiger partial charge in [-0.05, 0) is 17.7 Å². The second-order valence-electron chi connectivity index (χ2n) is 2.98. The molecule has 1 rings (SSSR count). The summed E-state index contributed by atoms with van der Waals surface area (Å²) in [5.41, 5.74) is 0.885. The molecule has 0 aliphatic rings. The number of rotatable bonds is 3. The zero-order chi connectivity index (χ0) is 9.84. The van der Waals surface area contributed by atoms with Gasteiger partial charge in [0.25, 0.3) is 0 Å². The molecular formula is C10H14O3. The van der Waals surface area contributed by atoms with Crippen molar-refractivity contribution in [2.45, 2.75) is 19.1 Å². The first-order valence-electron chi connectivity index (χ1n) is 4.15. The molecule has 0 saturated heterocycles. The first-order chi connectivity index (χ1) is 6.15. The molecule has 3 nitrogen and oxygen atoms in total. The van der Waals surface area contributed by atoms with Crippen LogP contribution < -0.4 is 4.74 Å². The van der Waals surface area contributed by atoms with Crippen molar-refractivity contribution in [2.24, 2.45) is 0 Å². The number of benzene rings is 1. The molecule has 3 heteroatoms. The molecule has 72 valence electrons. The minimum atomic E-state index is -1.31. The van der Waals surface area contributed by atoms with Crippen molar-refractivity contribution < 1.29 is 14.9 Å². The van der Waals surface area contributed by atoms with Gasteiger partial charge in [-0.2, -0.15) is 0 Å². The fraction of sp³-hybridized carbons (Fsp3) is 0.400. The van der Waals surface area contributed by atoms with Gasteiger partial charge in [0.1, 0.15) is 5.75 Å². The summed E-state index contributed by atoms with van der Waals surface area (Å²) in [5, 5.41) is 17.9. The fourth-order valence-electron chi connectivity index (χ4n) is 1.08. The molecule has 0 aliphatic heterocycles. The van der Waals surface area contributed by atoms with E-state index in [1.807, 2.05) is 12.1 Å². The molecule has 0 spiro atoms. The lowest BCUT2D eigenvalue weighted by Crippen LogP contribution is -2.14. The third kappa shape index (κ3) is 2.44. The molecule has 0 aromatic heterocycles. The Morgan fingerprint density at radius 2 is 1.69 bits per heavy atom. The highest BCUT2D eigenvalue weighted by molar-refractivity contribution is 5.29. The molecule has 0 radical (unpaired) electrons. The van der Waals surface area contributed by atoms with Crippen molar-refractivity contribution in [3.8, 4) is 5.75 Å². The smallest absolute Gasteiger partial charge is 0.158 e. The summed E-state index contributed by atoms with van der Waals surface area (Å²) in [5.74, 6) is 0.495. The van der Waals surface area contributed by atoms with Crippen molar-refractivity contribution in [1.82, 2.24) is 0 Å². The van der Waals surface area contributed by atoms with Crippen molar-refractivity contribution in [3.05, 3.63) is 29.8 Å². The molecule has 0 saturated carbocycles. The van der Waals surface area contributed by atoms with Gasteiger partial charge < -0.3 is 14.9 Å². The second-order valence-corrected chi connectivity index (χ2v) is 2.98. The Labute approximate surface area is 77.6 Å². The molecular weight excluding hydrogens is 168 g/mol. The molecule has 1 aromatic rings. The first-order valence-corrected chi connectivity index (χ1v) is 4.15. The van der Waals surface area contributed by atoms with Crippen LogP contribution >= 0.6 is 0 Å². The lowest BCUT2D eigenvalue weighted by atomic mass is 10.0. The maximum absolute atomic E-state index is 8.93. The van der Waals surface area contributed by atoms with E-state index in [2.05, 4.69) is 0 Å². The van der Waals surface area contributed by atoms with E-state index < -0.39 is 6.29 Å². The van der Waals surface area contributed by atoms with Gasteiger partial charge in [-0.1, -0.05) is 19.1 Å². The normalized spacial score (nSPS) is 13.0. The van der Waals surface area contributed by atoms with Gasteiger partial charge in [0.2, 0.25) is 0 Å². The topological polar surface area (TPSA) is 49.7 Å². The molecule has 13 heavy (non-hydrogen) atoms. The average molecular weight is 182 g/mol. The number of hydrogen-bond acceptors (Lipinski definition) is 3. The molecule has 1 aromatic carbocycles. The first kappa shape index (κ1) is 10.0. The van der Waals surface area contributed by atoms with E-state index in [4.69, 9.17) is 14.9 Å². The van der Waals surface area contributed by atoms with Crippen LogP contribution in [0.2, 0.25) is 0 Å². The van der Waals surface area contributed by atoms with Gasteiger partial charge in [0, 0.05) is 5.92 Å². The van der Waals surface area contributed by atoms with E-state index in [9.17, 15) is 0 Å². The van der Waals surface area contributed by atoms with Crippen molar-refractivity contribution in [3.63, 3.8) is 0 Å². The Morgan fingerprint density at radius 3 is 2.08 bits per heavy atom. The summed E-state index contributed by atoms with van der Waals surface area (Å²) in [6, 6.07) is 7.24. The predicted octanol–water partition coefficient (Wildman–Crippen LogP) is 1.11. The summed E-state index contributed by atoms with van der Waals surface area (Å²) in [6.07, 6.45) is -1.31.